The molecule has 0 unspecified atom stereocenters. The van der Waals surface area contributed by atoms with Crippen molar-refractivity contribution in [3.8, 4) is 0 Å². The first kappa shape index (κ1) is 20.9. The van der Waals surface area contributed by atoms with Crippen molar-refractivity contribution in [3.05, 3.63) is 57.7 Å². The second-order valence-corrected chi connectivity index (χ2v) is 7.26. The molecule has 154 valence electrons. The Morgan fingerprint density at radius 2 is 1.83 bits per heavy atom. The zero-order chi connectivity index (χ0) is 21.1. The van der Waals surface area contributed by atoms with E-state index in [9.17, 15) is 4.79 Å². The molecule has 0 saturated heterocycles. The standard InChI is InChI=1S/C21H26ClN5O2/c1-6-26(7-2)17-10-8-16(9-11-17)23-21(28)20-18(15(5)29-25-20)12-27-14(4)19(22)13(3)24-27/h8-11H,6-7,12H2,1-5H3,(H,23,28). The van der Waals surface area contributed by atoms with Crippen LogP contribution in [0.15, 0.2) is 28.8 Å². The molecule has 0 aliphatic rings. The average molecular weight is 416 g/mol. The third kappa shape index (κ3) is 4.29. The molecule has 0 aliphatic carbocycles. The first-order valence-electron chi connectivity index (χ1n) is 9.66. The summed E-state index contributed by atoms with van der Waals surface area (Å²) in [4.78, 5) is 15.1. The Kier molecular flexibility index (Phi) is 6.27. The second-order valence-electron chi connectivity index (χ2n) is 6.88. The van der Waals surface area contributed by atoms with E-state index < -0.39 is 0 Å². The normalized spacial score (nSPS) is 11.0. The van der Waals surface area contributed by atoms with E-state index in [4.69, 9.17) is 16.1 Å². The van der Waals surface area contributed by atoms with Crippen molar-refractivity contribution in [1.82, 2.24) is 14.9 Å². The number of hydrogen-bond acceptors (Lipinski definition) is 5. The number of benzene rings is 1. The summed E-state index contributed by atoms with van der Waals surface area (Å²) in [6.07, 6.45) is 0. The number of anilines is 2. The number of aryl methyl sites for hydroxylation is 2. The summed E-state index contributed by atoms with van der Waals surface area (Å²) < 4.78 is 7.05. The molecule has 1 amide bonds. The minimum atomic E-state index is -0.319. The van der Waals surface area contributed by atoms with Crippen molar-refractivity contribution in [2.45, 2.75) is 41.2 Å². The zero-order valence-electron chi connectivity index (χ0n) is 17.4. The van der Waals surface area contributed by atoms with Crippen LogP contribution in [-0.4, -0.2) is 33.9 Å². The van der Waals surface area contributed by atoms with Gasteiger partial charge < -0.3 is 14.7 Å². The molecule has 0 radical (unpaired) electrons. The Labute approximate surface area is 175 Å². The third-order valence-electron chi connectivity index (χ3n) is 5.05. The first-order valence-corrected chi connectivity index (χ1v) is 10.0. The van der Waals surface area contributed by atoms with E-state index in [1.165, 1.54) is 0 Å². The smallest absolute Gasteiger partial charge is 0.278 e. The SMILES string of the molecule is CCN(CC)c1ccc(NC(=O)c2noc(C)c2Cn2nc(C)c(Cl)c2C)cc1. The van der Waals surface area contributed by atoms with E-state index in [-0.39, 0.29) is 11.6 Å². The van der Waals surface area contributed by atoms with Crippen LogP contribution >= 0.6 is 11.6 Å². The lowest BCUT2D eigenvalue weighted by atomic mass is 10.1. The topological polar surface area (TPSA) is 76.2 Å². The summed E-state index contributed by atoms with van der Waals surface area (Å²) >= 11 is 6.24. The molecule has 8 heteroatoms. The molecule has 29 heavy (non-hydrogen) atoms. The molecular weight excluding hydrogens is 390 g/mol. The lowest BCUT2D eigenvalue weighted by molar-refractivity contribution is 0.101. The Morgan fingerprint density at radius 3 is 2.38 bits per heavy atom. The van der Waals surface area contributed by atoms with Gasteiger partial charge in [-0.3, -0.25) is 9.48 Å². The van der Waals surface area contributed by atoms with E-state index in [1.807, 2.05) is 38.1 Å². The Balaban J connectivity index is 1.79. The molecule has 3 rings (SSSR count). The zero-order valence-corrected chi connectivity index (χ0v) is 18.2. The van der Waals surface area contributed by atoms with E-state index in [2.05, 4.69) is 34.3 Å². The molecule has 1 aromatic carbocycles. The average Bonchev–Trinajstić information content (AvgIpc) is 3.19. The van der Waals surface area contributed by atoms with Crippen LogP contribution in [0.4, 0.5) is 11.4 Å². The minimum Gasteiger partial charge on any atom is -0.372 e. The number of halogens is 1. The molecule has 2 heterocycles. The van der Waals surface area contributed by atoms with Crippen LogP contribution in [0.2, 0.25) is 5.02 Å². The van der Waals surface area contributed by atoms with Gasteiger partial charge >= 0.3 is 0 Å². The molecule has 0 saturated carbocycles. The number of nitrogens with one attached hydrogen (secondary N) is 1. The van der Waals surface area contributed by atoms with Crippen LogP contribution in [-0.2, 0) is 6.54 Å². The summed E-state index contributed by atoms with van der Waals surface area (Å²) in [6.45, 7) is 12.0. The van der Waals surface area contributed by atoms with Gasteiger partial charge in [-0.05, 0) is 58.9 Å². The molecule has 1 N–H and O–H groups in total. The maximum absolute atomic E-state index is 12.8. The summed E-state index contributed by atoms with van der Waals surface area (Å²) in [6, 6.07) is 7.77. The Hall–Kier alpha value is -2.80. The van der Waals surface area contributed by atoms with Gasteiger partial charge in [-0.1, -0.05) is 16.8 Å². The van der Waals surface area contributed by atoms with E-state index >= 15 is 0 Å². The molecule has 3 aromatic rings. The number of aromatic nitrogens is 3. The number of amides is 1. The Morgan fingerprint density at radius 1 is 1.17 bits per heavy atom. The minimum absolute atomic E-state index is 0.249. The van der Waals surface area contributed by atoms with Gasteiger partial charge in [-0.15, -0.1) is 0 Å². The van der Waals surface area contributed by atoms with Crippen LogP contribution in [0.3, 0.4) is 0 Å². The van der Waals surface area contributed by atoms with E-state index in [1.54, 1.807) is 11.6 Å². The predicted octanol–water partition coefficient (Wildman–Crippen LogP) is 4.60. The van der Waals surface area contributed by atoms with Crippen LogP contribution in [0, 0.1) is 20.8 Å². The van der Waals surface area contributed by atoms with Gasteiger partial charge in [0.15, 0.2) is 5.69 Å². The highest BCUT2D eigenvalue weighted by molar-refractivity contribution is 6.31. The van der Waals surface area contributed by atoms with Crippen molar-refractivity contribution >= 4 is 28.9 Å². The highest BCUT2D eigenvalue weighted by Gasteiger charge is 2.22. The van der Waals surface area contributed by atoms with Crippen LogP contribution in [0.25, 0.3) is 0 Å². The number of rotatable bonds is 7. The van der Waals surface area contributed by atoms with Gasteiger partial charge in [0.05, 0.1) is 23.0 Å². The summed E-state index contributed by atoms with van der Waals surface area (Å²) in [5.74, 6) is 0.260. The molecule has 0 aliphatic heterocycles. The number of carbonyl (C=O) groups is 1. The van der Waals surface area contributed by atoms with Crippen LogP contribution in [0.1, 0.15) is 47.0 Å². The molecular formula is C21H26ClN5O2. The highest BCUT2D eigenvalue weighted by atomic mass is 35.5. The van der Waals surface area contributed by atoms with Gasteiger partial charge in [-0.25, -0.2) is 0 Å². The second kappa shape index (κ2) is 8.69. The quantitative estimate of drug-likeness (QED) is 0.610. The maximum Gasteiger partial charge on any atom is 0.278 e. The molecule has 0 fully saturated rings. The summed E-state index contributed by atoms with van der Waals surface area (Å²) in [7, 11) is 0. The van der Waals surface area contributed by atoms with Crippen molar-refractivity contribution in [2.75, 3.05) is 23.3 Å². The van der Waals surface area contributed by atoms with E-state index in [0.717, 1.165) is 30.2 Å². The van der Waals surface area contributed by atoms with Gasteiger partial charge in [0.1, 0.15) is 5.76 Å². The first-order chi connectivity index (χ1) is 13.8. The highest BCUT2D eigenvalue weighted by Crippen LogP contribution is 2.23. The van der Waals surface area contributed by atoms with Crippen molar-refractivity contribution in [1.29, 1.82) is 0 Å². The van der Waals surface area contributed by atoms with Crippen LogP contribution in [0.5, 0.6) is 0 Å². The fourth-order valence-electron chi connectivity index (χ4n) is 3.27. The Bertz CT molecular complexity index is 1000. The monoisotopic (exact) mass is 415 g/mol. The van der Waals surface area contributed by atoms with Crippen molar-refractivity contribution < 1.29 is 9.32 Å². The lowest BCUT2D eigenvalue weighted by Crippen LogP contribution is -2.21. The van der Waals surface area contributed by atoms with Gasteiger partial charge in [0, 0.05) is 30.0 Å². The fourth-order valence-corrected chi connectivity index (χ4v) is 3.40. The number of carbonyl (C=O) groups excluding carboxylic acids is 1. The van der Waals surface area contributed by atoms with Gasteiger partial charge in [0.2, 0.25) is 0 Å². The van der Waals surface area contributed by atoms with Crippen LogP contribution < -0.4 is 10.2 Å². The number of hydrogen-bond donors (Lipinski definition) is 1. The summed E-state index contributed by atoms with van der Waals surface area (Å²) in [5, 5.41) is 11.9. The predicted molar refractivity (Wildman–Crippen MR) is 115 cm³/mol. The molecule has 0 bridgehead atoms. The van der Waals surface area contributed by atoms with Gasteiger partial charge in [0.25, 0.3) is 5.91 Å². The van der Waals surface area contributed by atoms with E-state index in [0.29, 0.717) is 28.6 Å². The van der Waals surface area contributed by atoms with Crippen molar-refractivity contribution in [3.63, 3.8) is 0 Å². The molecule has 0 spiro atoms. The summed E-state index contributed by atoms with van der Waals surface area (Å²) in [5.41, 5.74) is 4.34. The number of nitrogens with zero attached hydrogens (tertiary/aromatic N) is 4. The van der Waals surface area contributed by atoms with Gasteiger partial charge in [-0.2, -0.15) is 5.10 Å². The molecule has 7 nitrogen and oxygen atoms in total. The van der Waals surface area contributed by atoms with Crippen molar-refractivity contribution in [2.24, 2.45) is 0 Å². The molecule has 0 atom stereocenters. The maximum atomic E-state index is 12.8. The third-order valence-corrected chi connectivity index (χ3v) is 5.60. The molecule has 2 aromatic heterocycles. The largest absolute Gasteiger partial charge is 0.372 e. The fraction of sp³-hybridized carbons (Fsp3) is 0.381. The lowest BCUT2D eigenvalue weighted by Gasteiger charge is -2.21.